The maximum Gasteiger partial charge on any atom is 0.198 e. The molecule has 0 aliphatic heterocycles. The van der Waals surface area contributed by atoms with Gasteiger partial charge in [-0.2, -0.15) is 0 Å². The molecule has 6 heteroatoms. The van der Waals surface area contributed by atoms with Crippen LogP contribution >= 0.6 is 34.8 Å². The molecule has 2 aromatic heterocycles. The van der Waals surface area contributed by atoms with Crippen molar-refractivity contribution in [1.82, 2.24) is 9.97 Å². The maximum absolute atomic E-state index is 6.26. The van der Waals surface area contributed by atoms with Crippen LogP contribution < -0.4 is 0 Å². The molecule has 0 fully saturated rings. The minimum atomic E-state index is 0.229. The lowest BCUT2D eigenvalue weighted by atomic mass is 10.1. The molecule has 0 N–H and O–H groups in total. The molecule has 0 atom stereocenters. The highest BCUT2D eigenvalue weighted by molar-refractivity contribution is 6.40. The van der Waals surface area contributed by atoms with Crippen LogP contribution in [0.3, 0.4) is 0 Å². The molecule has 0 radical (unpaired) electrons. The lowest BCUT2D eigenvalue weighted by Gasteiger charge is -2.09. The van der Waals surface area contributed by atoms with E-state index in [1.807, 2.05) is 31.2 Å². The fourth-order valence-corrected chi connectivity index (χ4v) is 2.78. The van der Waals surface area contributed by atoms with Crippen LogP contribution in [0.15, 0.2) is 40.8 Å². The summed E-state index contributed by atoms with van der Waals surface area (Å²) in [6, 6.07) is 10.8. The van der Waals surface area contributed by atoms with Gasteiger partial charge in [-0.05, 0) is 25.1 Å². The SMILES string of the molecule is Cc1ccc(-c2nc(Cl)c(-c3ccccc3Cl)c(Cl)n2)o1. The number of hydrogen-bond acceptors (Lipinski definition) is 3. The Morgan fingerprint density at radius 1 is 0.905 bits per heavy atom. The largest absolute Gasteiger partial charge is 0.458 e. The minimum Gasteiger partial charge on any atom is -0.458 e. The molecule has 106 valence electrons. The van der Waals surface area contributed by atoms with E-state index < -0.39 is 0 Å². The second-order valence-corrected chi connectivity index (χ2v) is 5.52. The number of aromatic nitrogens is 2. The normalized spacial score (nSPS) is 10.9. The van der Waals surface area contributed by atoms with Gasteiger partial charge in [0.15, 0.2) is 11.6 Å². The molecule has 1 aromatic carbocycles. The van der Waals surface area contributed by atoms with Crippen molar-refractivity contribution in [3.63, 3.8) is 0 Å². The molecule has 0 spiro atoms. The molecule has 0 saturated carbocycles. The number of aryl methyl sites for hydroxylation is 1. The highest BCUT2D eigenvalue weighted by Crippen LogP contribution is 2.37. The summed E-state index contributed by atoms with van der Waals surface area (Å²) in [5, 5.41) is 0.991. The van der Waals surface area contributed by atoms with Gasteiger partial charge in [0, 0.05) is 10.6 Å². The van der Waals surface area contributed by atoms with E-state index in [1.165, 1.54) is 0 Å². The summed E-state index contributed by atoms with van der Waals surface area (Å²) in [7, 11) is 0. The molecular formula is C15H9Cl3N2O. The van der Waals surface area contributed by atoms with Crippen molar-refractivity contribution in [3.8, 4) is 22.7 Å². The Hall–Kier alpha value is -1.55. The Morgan fingerprint density at radius 3 is 2.14 bits per heavy atom. The molecule has 0 unspecified atom stereocenters. The molecule has 0 amide bonds. The van der Waals surface area contributed by atoms with Gasteiger partial charge in [-0.25, -0.2) is 9.97 Å². The van der Waals surface area contributed by atoms with Gasteiger partial charge in [0.2, 0.25) is 0 Å². The summed E-state index contributed by atoms with van der Waals surface area (Å²) >= 11 is 18.7. The van der Waals surface area contributed by atoms with E-state index in [4.69, 9.17) is 39.2 Å². The zero-order valence-corrected chi connectivity index (χ0v) is 13.2. The molecule has 0 aliphatic rings. The van der Waals surface area contributed by atoms with Crippen molar-refractivity contribution < 1.29 is 4.42 Å². The zero-order valence-electron chi connectivity index (χ0n) is 10.9. The summed E-state index contributed by atoms with van der Waals surface area (Å²) in [4.78, 5) is 8.51. The molecule has 3 rings (SSSR count). The molecular weight excluding hydrogens is 331 g/mol. The van der Waals surface area contributed by atoms with E-state index in [0.29, 0.717) is 27.7 Å². The molecule has 3 aromatic rings. The second kappa shape index (κ2) is 5.68. The van der Waals surface area contributed by atoms with E-state index in [1.54, 1.807) is 12.1 Å². The average molecular weight is 340 g/mol. The van der Waals surface area contributed by atoms with Crippen molar-refractivity contribution in [2.75, 3.05) is 0 Å². The van der Waals surface area contributed by atoms with Gasteiger partial charge < -0.3 is 4.42 Å². The molecule has 0 bridgehead atoms. The minimum absolute atomic E-state index is 0.229. The summed E-state index contributed by atoms with van der Waals surface area (Å²) in [6.45, 7) is 1.84. The van der Waals surface area contributed by atoms with Crippen molar-refractivity contribution >= 4 is 34.8 Å². The van der Waals surface area contributed by atoms with Gasteiger partial charge in [0.25, 0.3) is 0 Å². The van der Waals surface area contributed by atoms with Gasteiger partial charge in [-0.15, -0.1) is 0 Å². The molecule has 2 heterocycles. The first-order chi connectivity index (χ1) is 10.1. The van der Waals surface area contributed by atoms with Crippen molar-refractivity contribution in [3.05, 3.63) is 57.5 Å². The fraction of sp³-hybridized carbons (Fsp3) is 0.0667. The number of benzene rings is 1. The topological polar surface area (TPSA) is 38.9 Å². The first-order valence-corrected chi connectivity index (χ1v) is 7.24. The molecule has 21 heavy (non-hydrogen) atoms. The molecule has 0 aliphatic carbocycles. The number of halogens is 3. The van der Waals surface area contributed by atoms with Crippen LogP contribution in [0.2, 0.25) is 15.3 Å². The van der Waals surface area contributed by atoms with Gasteiger partial charge in [0.1, 0.15) is 16.1 Å². The summed E-state index contributed by atoms with van der Waals surface area (Å²) < 4.78 is 5.48. The lowest BCUT2D eigenvalue weighted by molar-refractivity contribution is 0.544. The van der Waals surface area contributed by atoms with Crippen LogP contribution in [0.1, 0.15) is 5.76 Å². The first kappa shape index (κ1) is 14.4. The predicted octanol–water partition coefficient (Wildman–Crippen LogP) is 5.67. The third-order valence-corrected chi connectivity index (χ3v) is 3.80. The first-order valence-electron chi connectivity index (χ1n) is 6.11. The van der Waals surface area contributed by atoms with Crippen LogP contribution in [0.4, 0.5) is 0 Å². The number of rotatable bonds is 2. The third-order valence-electron chi connectivity index (χ3n) is 2.92. The van der Waals surface area contributed by atoms with E-state index in [2.05, 4.69) is 9.97 Å². The smallest absolute Gasteiger partial charge is 0.198 e. The Balaban J connectivity index is 2.15. The maximum atomic E-state index is 6.26. The quantitative estimate of drug-likeness (QED) is 0.564. The average Bonchev–Trinajstić information content (AvgIpc) is 2.87. The third kappa shape index (κ3) is 2.77. The molecule has 0 saturated heterocycles. The van der Waals surface area contributed by atoms with E-state index >= 15 is 0 Å². The standard InChI is InChI=1S/C15H9Cl3N2O/c1-8-6-7-11(21-8)15-19-13(17)12(14(18)20-15)9-4-2-3-5-10(9)16/h2-7H,1H3. The Bertz CT molecular complexity index is 791. The summed E-state index contributed by atoms with van der Waals surface area (Å²) in [5.74, 6) is 1.62. The van der Waals surface area contributed by atoms with Crippen LogP contribution in [0.25, 0.3) is 22.7 Å². The van der Waals surface area contributed by atoms with Crippen LogP contribution in [0.5, 0.6) is 0 Å². The molecule has 3 nitrogen and oxygen atoms in total. The second-order valence-electron chi connectivity index (χ2n) is 4.39. The Labute approximate surface area is 136 Å². The van der Waals surface area contributed by atoms with Crippen LogP contribution in [-0.2, 0) is 0 Å². The van der Waals surface area contributed by atoms with E-state index in [-0.39, 0.29) is 10.3 Å². The fourth-order valence-electron chi connectivity index (χ4n) is 1.96. The van der Waals surface area contributed by atoms with E-state index in [0.717, 1.165) is 5.76 Å². The Morgan fingerprint density at radius 2 is 1.57 bits per heavy atom. The lowest BCUT2D eigenvalue weighted by Crippen LogP contribution is -1.94. The zero-order chi connectivity index (χ0) is 15.0. The van der Waals surface area contributed by atoms with Gasteiger partial charge in [-0.3, -0.25) is 0 Å². The predicted molar refractivity (Wildman–Crippen MR) is 84.9 cm³/mol. The highest BCUT2D eigenvalue weighted by atomic mass is 35.5. The van der Waals surface area contributed by atoms with Crippen molar-refractivity contribution in [2.24, 2.45) is 0 Å². The van der Waals surface area contributed by atoms with Crippen LogP contribution in [-0.4, -0.2) is 9.97 Å². The van der Waals surface area contributed by atoms with Gasteiger partial charge >= 0.3 is 0 Å². The van der Waals surface area contributed by atoms with Crippen molar-refractivity contribution in [2.45, 2.75) is 6.92 Å². The number of hydrogen-bond donors (Lipinski definition) is 0. The van der Waals surface area contributed by atoms with Crippen molar-refractivity contribution in [1.29, 1.82) is 0 Å². The highest BCUT2D eigenvalue weighted by Gasteiger charge is 2.17. The van der Waals surface area contributed by atoms with Gasteiger partial charge in [0.05, 0.1) is 5.56 Å². The van der Waals surface area contributed by atoms with Crippen LogP contribution in [0, 0.1) is 6.92 Å². The number of nitrogens with zero attached hydrogens (tertiary/aromatic N) is 2. The van der Waals surface area contributed by atoms with E-state index in [9.17, 15) is 0 Å². The Kier molecular flexibility index (Phi) is 3.89. The summed E-state index contributed by atoms with van der Waals surface area (Å²) in [5.41, 5.74) is 1.20. The monoisotopic (exact) mass is 338 g/mol. The number of furan rings is 1. The summed E-state index contributed by atoms with van der Waals surface area (Å²) in [6.07, 6.45) is 0. The van der Waals surface area contributed by atoms with Gasteiger partial charge in [-0.1, -0.05) is 53.0 Å².